The Kier molecular flexibility index (Phi) is 2.87. The van der Waals surface area contributed by atoms with Crippen molar-refractivity contribution in [3.05, 3.63) is 0 Å². The van der Waals surface area contributed by atoms with Gasteiger partial charge in [0.25, 0.3) is 0 Å². The fourth-order valence-electron chi connectivity index (χ4n) is 1.06. The van der Waals surface area contributed by atoms with Crippen LogP contribution in [0.1, 0.15) is 48.0 Å². The molecule has 0 spiro atoms. The number of carbonyl (C=O) groups is 1. The van der Waals surface area contributed by atoms with E-state index in [-0.39, 0.29) is 0 Å². The molecule has 1 aliphatic heterocycles. The number of hydrogen-bond donors (Lipinski definition) is 0. The summed E-state index contributed by atoms with van der Waals surface area (Å²) in [6.07, 6.45) is 0.749. The van der Waals surface area contributed by atoms with Crippen molar-refractivity contribution in [2.75, 3.05) is 0 Å². The largest absolute Gasteiger partial charge is 0.456 e. The van der Waals surface area contributed by atoms with Gasteiger partial charge in [-0.25, -0.2) is 4.79 Å². The van der Waals surface area contributed by atoms with E-state index in [2.05, 4.69) is 0 Å². The van der Waals surface area contributed by atoms with Gasteiger partial charge in [-0.3, -0.25) is 0 Å². The number of rotatable bonds is 3. The Hall–Kier alpha value is -0.610. The van der Waals surface area contributed by atoms with Gasteiger partial charge in [0, 0.05) is 5.41 Å². The van der Waals surface area contributed by atoms with Crippen LogP contribution in [-0.4, -0.2) is 17.4 Å². The lowest BCUT2D eigenvalue weighted by atomic mass is 9.86. The van der Waals surface area contributed by atoms with E-state index >= 15 is 0 Å². The molecule has 0 saturated carbocycles. The van der Waals surface area contributed by atoms with E-state index in [4.69, 9.17) is 14.5 Å². The van der Waals surface area contributed by atoms with Crippen LogP contribution in [0.2, 0.25) is 0 Å². The van der Waals surface area contributed by atoms with Crippen LogP contribution >= 0.6 is 0 Å². The van der Waals surface area contributed by atoms with Gasteiger partial charge < -0.3 is 4.74 Å². The Balaban J connectivity index is 2.71. The van der Waals surface area contributed by atoms with E-state index in [9.17, 15) is 4.79 Å². The molecule has 0 aromatic heterocycles. The average molecular weight is 216 g/mol. The quantitative estimate of drug-likeness (QED) is 0.413. The minimum atomic E-state index is -1.21. The van der Waals surface area contributed by atoms with E-state index in [1.54, 1.807) is 0 Å². The molecule has 1 saturated heterocycles. The molecule has 4 heteroatoms. The third-order valence-electron chi connectivity index (χ3n) is 2.73. The Morgan fingerprint density at radius 3 is 1.93 bits per heavy atom. The smallest absolute Gasteiger partial charge is 0.373 e. The Labute approximate surface area is 90.8 Å². The lowest BCUT2D eigenvalue weighted by Crippen LogP contribution is -2.43. The average Bonchev–Trinajstić information content (AvgIpc) is 2.81. The molecule has 0 bridgehead atoms. The Morgan fingerprint density at radius 2 is 1.67 bits per heavy atom. The Bertz CT molecular complexity index is 258. The second kappa shape index (κ2) is 3.46. The molecular formula is C11H20O4. The van der Waals surface area contributed by atoms with Crippen LogP contribution < -0.4 is 0 Å². The van der Waals surface area contributed by atoms with Crippen LogP contribution in [0.5, 0.6) is 0 Å². The third-order valence-corrected chi connectivity index (χ3v) is 2.73. The van der Waals surface area contributed by atoms with E-state index < -0.39 is 22.8 Å². The van der Waals surface area contributed by atoms with Gasteiger partial charge in [0.15, 0.2) is 0 Å². The molecule has 1 heterocycles. The molecule has 0 N–H and O–H groups in total. The van der Waals surface area contributed by atoms with Crippen molar-refractivity contribution in [1.82, 2.24) is 0 Å². The monoisotopic (exact) mass is 216 g/mol. The minimum Gasteiger partial charge on any atom is -0.456 e. The zero-order valence-electron chi connectivity index (χ0n) is 10.3. The fraction of sp³-hybridized carbons (Fsp3) is 0.909. The van der Waals surface area contributed by atoms with Crippen molar-refractivity contribution < 1.29 is 19.3 Å². The zero-order valence-corrected chi connectivity index (χ0v) is 10.3. The molecule has 1 fully saturated rings. The SMILES string of the molecule is CCC(C)(C)OC(=O)C1(C(C)(C)C)OO1. The highest BCUT2D eigenvalue weighted by molar-refractivity contribution is 5.80. The maximum Gasteiger partial charge on any atom is 0.373 e. The molecule has 0 aliphatic carbocycles. The summed E-state index contributed by atoms with van der Waals surface area (Å²) >= 11 is 0. The molecule has 0 unspecified atom stereocenters. The summed E-state index contributed by atoms with van der Waals surface area (Å²) in [5.74, 6) is -1.65. The van der Waals surface area contributed by atoms with Gasteiger partial charge in [-0.1, -0.05) is 27.7 Å². The van der Waals surface area contributed by atoms with E-state index in [0.717, 1.165) is 6.42 Å². The van der Waals surface area contributed by atoms with Gasteiger partial charge >= 0.3 is 11.8 Å². The molecular weight excluding hydrogens is 196 g/mol. The molecule has 1 aliphatic rings. The molecule has 15 heavy (non-hydrogen) atoms. The minimum absolute atomic E-state index is 0.423. The first-order chi connectivity index (χ1) is 6.65. The van der Waals surface area contributed by atoms with Crippen LogP contribution in [0, 0.1) is 5.41 Å². The van der Waals surface area contributed by atoms with Gasteiger partial charge in [0.05, 0.1) is 0 Å². The number of esters is 1. The first-order valence-electron chi connectivity index (χ1n) is 5.25. The number of carbonyl (C=O) groups excluding carboxylic acids is 1. The molecule has 0 aromatic carbocycles. The third kappa shape index (κ3) is 2.32. The second-order valence-electron chi connectivity index (χ2n) is 5.54. The van der Waals surface area contributed by atoms with Gasteiger partial charge in [0.1, 0.15) is 5.60 Å². The van der Waals surface area contributed by atoms with Crippen LogP contribution in [0.4, 0.5) is 0 Å². The lowest BCUT2D eigenvalue weighted by Gasteiger charge is -2.27. The van der Waals surface area contributed by atoms with Crippen molar-refractivity contribution in [3.8, 4) is 0 Å². The summed E-state index contributed by atoms with van der Waals surface area (Å²) in [5, 5.41) is 0. The van der Waals surface area contributed by atoms with Crippen LogP contribution in [0.25, 0.3) is 0 Å². The number of hydrogen-bond acceptors (Lipinski definition) is 4. The molecule has 0 atom stereocenters. The summed E-state index contributed by atoms with van der Waals surface area (Å²) in [7, 11) is 0. The number of ether oxygens (including phenoxy) is 1. The summed E-state index contributed by atoms with van der Waals surface area (Å²) in [5.41, 5.74) is -0.904. The predicted octanol–water partition coefficient (Wildman–Crippen LogP) is 2.42. The van der Waals surface area contributed by atoms with E-state index in [0.29, 0.717) is 0 Å². The maximum absolute atomic E-state index is 11.9. The normalized spacial score (nSPS) is 19.9. The highest BCUT2D eigenvalue weighted by atomic mass is 17.4. The molecule has 0 aromatic rings. The van der Waals surface area contributed by atoms with Crippen LogP contribution in [0.3, 0.4) is 0 Å². The van der Waals surface area contributed by atoms with Crippen LogP contribution in [-0.2, 0) is 19.3 Å². The lowest BCUT2D eigenvalue weighted by molar-refractivity contribution is -0.169. The predicted molar refractivity (Wildman–Crippen MR) is 54.8 cm³/mol. The molecule has 0 amide bonds. The van der Waals surface area contributed by atoms with Crippen molar-refractivity contribution in [2.45, 2.75) is 59.4 Å². The fourth-order valence-corrected chi connectivity index (χ4v) is 1.06. The summed E-state index contributed by atoms with van der Waals surface area (Å²) in [6, 6.07) is 0. The summed E-state index contributed by atoms with van der Waals surface area (Å²) in [6.45, 7) is 11.3. The van der Waals surface area contributed by atoms with Gasteiger partial charge in [-0.15, -0.1) is 0 Å². The maximum atomic E-state index is 11.9. The standard InChI is InChI=1S/C11H20O4/c1-7-10(5,6)13-8(12)11(14-15-11)9(2,3)4/h7H2,1-6H3. The topological polar surface area (TPSA) is 51.4 Å². The molecule has 88 valence electrons. The highest BCUT2D eigenvalue weighted by Crippen LogP contribution is 2.47. The van der Waals surface area contributed by atoms with Gasteiger partial charge in [-0.2, -0.15) is 9.78 Å². The van der Waals surface area contributed by atoms with Crippen molar-refractivity contribution in [2.24, 2.45) is 5.41 Å². The summed E-state index contributed by atoms with van der Waals surface area (Å²) < 4.78 is 5.35. The molecule has 1 rings (SSSR count). The van der Waals surface area contributed by atoms with Gasteiger partial charge in [0.2, 0.25) is 0 Å². The van der Waals surface area contributed by atoms with Crippen molar-refractivity contribution >= 4 is 5.97 Å². The summed E-state index contributed by atoms with van der Waals surface area (Å²) in [4.78, 5) is 21.6. The van der Waals surface area contributed by atoms with Crippen LogP contribution in [0.15, 0.2) is 0 Å². The van der Waals surface area contributed by atoms with Crippen molar-refractivity contribution in [1.29, 1.82) is 0 Å². The highest BCUT2D eigenvalue weighted by Gasteiger charge is 2.67. The molecule has 0 radical (unpaired) electrons. The van der Waals surface area contributed by atoms with Crippen molar-refractivity contribution in [3.63, 3.8) is 0 Å². The first-order valence-corrected chi connectivity index (χ1v) is 5.25. The van der Waals surface area contributed by atoms with E-state index in [1.165, 1.54) is 0 Å². The second-order valence-corrected chi connectivity index (χ2v) is 5.54. The zero-order chi connectivity index (χ0) is 11.9. The Morgan fingerprint density at radius 1 is 1.20 bits per heavy atom. The van der Waals surface area contributed by atoms with Gasteiger partial charge in [-0.05, 0) is 20.3 Å². The molecule has 4 nitrogen and oxygen atoms in total. The van der Waals surface area contributed by atoms with E-state index in [1.807, 2.05) is 41.5 Å². The first kappa shape index (κ1) is 12.5.